The molecule has 2 rings (SSSR count). The van der Waals surface area contributed by atoms with Crippen LogP contribution in [0.25, 0.3) is 0 Å². The summed E-state index contributed by atoms with van der Waals surface area (Å²) in [6.45, 7) is 2.49. The van der Waals surface area contributed by atoms with E-state index in [1.165, 1.54) is 38.5 Å². The number of ether oxygens (including phenoxy) is 6. The number of aliphatic hydroxyl groups is 7. The molecule has 0 aromatic carbocycles. The topological polar surface area (TPSA) is 231 Å². The van der Waals surface area contributed by atoms with Crippen LogP contribution in [0.5, 0.6) is 0 Å². The average Bonchev–Trinajstić information content (AvgIpc) is 3.31. The van der Waals surface area contributed by atoms with Crippen LogP contribution < -0.4 is 0 Å². The van der Waals surface area contributed by atoms with Crippen molar-refractivity contribution in [3.63, 3.8) is 0 Å². The van der Waals surface area contributed by atoms with E-state index < -0.39 is 99.3 Å². The van der Waals surface area contributed by atoms with E-state index in [9.17, 15) is 45.3 Å². The van der Waals surface area contributed by atoms with Gasteiger partial charge in [-0.25, -0.2) is 0 Å². The molecule has 0 aromatic rings. The van der Waals surface area contributed by atoms with Gasteiger partial charge in [0, 0.05) is 12.8 Å². The summed E-state index contributed by atoms with van der Waals surface area (Å²) in [5.74, 6) is -0.959. The Labute approximate surface area is 395 Å². The zero-order valence-corrected chi connectivity index (χ0v) is 40.2. The predicted octanol–water partition coefficient (Wildman–Crippen LogP) is 6.71. The maximum atomic E-state index is 13.0. The number of esters is 2. The van der Waals surface area contributed by atoms with Crippen LogP contribution >= 0.6 is 0 Å². The highest BCUT2D eigenvalue weighted by Gasteiger charge is 2.47. The highest BCUT2D eigenvalue weighted by Crippen LogP contribution is 2.26. The van der Waals surface area contributed by atoms with E-state index >= 15 is 0 Å². The third-order valence-electron chi connectivity index (χ3n) is 11.8. The second kappa shape index (κ2) is 38.3. The van der Waals surface area contributed by atoms with Gasteiger partial charge in [-0.2, -0.15) is 0 Å². The van der Waals surface area contributed by atoms with Gasteiger partial charge in [0.15, 0.2) is 18.7 Å². The van der Waals surface area contributed by atoms with E-state index in [0.717, 1.165) is 89.9 Å². The summed E-state index contributed by atoms with van der Waals surface area (Å²) in [6, 6.07) is 0. The lowest BCUT2D eigenvalue weighted by Crippen LogP contribution is -2.61. The molecule has 0 bridgehead atoms. The molecule has 0 radical (unpaired) electrons. The van der Waals surface area contributed by atoms with Crippen LogP contribution in [-0.4, -0.2) is 142 Å². The van der Waals surface area contributed by atoms with Gasteiger partial charge >= 0.3 is 11.9 Å². The van der Waals surface area contributed by atoms with Crippen LogP contribution in [0.2, 0.25) is 0 Å². The van der Waals surface area contributed by atoms with E-state index in [-0.39, 0.29) is 19.4 Å². The number of hydrogen-bond donors (Lipinski definition) is 7. The van der Waals surface area contributed by atoms with E-state index in [2.05, 4.69) is 62.5 Å². The highest BCUT2D eigenvalue weighted by molar-refractivity contribution is 5.70. The summed E-state index contributed by atoms with van der Waals surface area (Å²) in [4.78, 5) is 25.7. The van der Waals surface area contributed by atoms with Crippen LogP contribution in [0.4, 0.5) is 0 Å². The highest BCUT2D eigenvalue weighted by atomic mass is 16.7. The third kappa shape index (κ3) is 26.3. The lowest BCUT2D eigenvalue weighted by Gasteiger charge is -2.42. The van der Waals surface area contributed by atoms with Gasteiger partial charge in [0.1, 0.15) is 55.4 Å². The molecule has 0 saturated carbocycles. The van der Waals surface area contributed by atoms with E-state index in [1.807, 2.05) is 0 Å². The summed E-state index contributed by atoms with van der Waals surface area (Å²) >= 11 is 0. The van der Waals surface area contributed by atoms with Gasteiger partial charge < -0.3 is 64.2 Å². The Balaban J connectivity index is 1.84. The van der Waals surface area contributed by atoms with Gasteiger partial charge in [0.05, 0.1) is 19.8 Å². The van der Waals surface area contributed by atoms with Crippen molar-refractivity contribution in [1.82, 2.24) is 0 Å². The first kappa shape index (κ1) is 59.6. The first-order chi connectivity index (χ1) is 32.0. The lowest BCUT2D eigenvalue weighted by molar-refractivity contribution is -0.332. The zero-order valence-electron chi connectivity index (χ0n) is 40.2. The average molecular weight is 941 g/mol. The summed E-state index contributed by atoms with van der Waals surface area (Å²) in [5.41, 5.74) is 0. The molecular weight excluding hydrogens is 853 g/mol. The van der Waals surface area contributed by atoms with Crippen LogP contribution in [0.1, 0.15) is 168 Å². The van der Waals surface area contributed by atoms with Crippen LogP contribution in [0.3, 0.4) is 0 Å². The Hall–Kier alpha value is -2.54. The number of rotatable bonds is 38. The number of aliphatic hydroxyl groups excluding tert-OH is 7. The Morgan fingerprint density at radius 2 is 0.909 bits per heavy atom. The van der Waals surface area contributed by atoms with Crippen molar-refractivity contribution in [1.29, 1.82) is 0 Å². The second-order valence-electron chi connectivity index (χ2n) is 17.6. The minimum absolute atomic E-state index is 0.145. The van der Waals surface area contributed by atoms with Crippen molar-refractivity contribution in [2.45, 2.75) is 235 Å². The van der Waals surface area contributed by atoms with E-state index in [4.69, 9.17) is 28.4 Å². The van der Waals surface area contributed by atoms with Gasteiger partial charge in [-0.1, -0.05) is 127 Å². The fourth-order valence-corrected chi connectivity index (χ4v) is 7.57. The van der Waals surface area contributed by atoms with Crippen molar-refractivity contribution in [2.24, 2.45) is 0 Å². The van der Waals surface area contributed by atoms with Crippen LogP contribution in [0, 0.1) is 0 Å². The Morgan fingerprint density at radius 3 is 1.41 bits per heavy atom. The number of carbonyl (C=O) groups excluding carboxylic acids is 2. The third-order valence-corrected chi connectivity index (χ3v) is 11.8. The Morgan fingerprint density at radius 1 is 0.485 bits per heavy atom. The maximum absolute atomic E-state index is 13.0. The molecule has 2 saturated heterocycles. The molecule has 0 spiro atoms. The van der Waals surface area contributed by atoms with E-state index in [1.54, 1.807) is 0 Å². The second-order valence-corrected chi connectivity index (χ2v) is 17.6. The molecule has 0 aliphatic carbocycles. The molecule has 66 heavy (non-hydrogen) atoms. The van der Waals surface area contributed by atoms with Gasteiger partial charge in [0.2, 0.25) is 0 Å². The van der Waals surface area contributed by atoms with Crippen molar-refractivity contribution < 1.29 is 73.8 Å². The molecule has 2 fully saturated rings. The smallest absolute Gasteiger partial charge is 0.306 e. The minimum Gasteiger partial charge on any atom is -0.462 e. The number of hydrogen-bond acceptors (Lipinski definition) is 15. The SMILES string of the molecule is CCCCC/C=C\C/C=C\CCCCCCCC(=O)OCC(CO[C@H]1O[C@H](CO[C@@H]2O[C@H](CO)[C@@H](O)[C@@H](O)[C@H]2O)[C@@H](O)[C@H](O)[C@H]1O)OC(=O)CCCCCCC/C=C\C/C=C\CCCCC. The molecule has 11 atom stereocenters. The summed E-state index contributed by atoms with van der Waals surface area (Å²) < 4.78 is 33.5. The number of carbonyl (C=O) groups is 2. The Kier molecular flexibility index (Phi) is 34.6. The lowest BCUT2D eigenvalue weighted by atomic mass is 9.98. The number of allylic oxidation sites excluding steroid dienone is 8. The van der Waals surface area contributed by atoms with Crippen molar-refractivity contribution >= 4 is 11.9 Å². The van der Waals surface area contributed by atoms with Crippen molar-refractivity contribution in [2.75, 3.05) is 26.4 Å². The fraction of sp³-hybridized carbons (Fsp3) is 0.804. The standard InChI is InChI=1S/C51H88O15/c1-3-5-7-9-11-13-15-17-19-21-23-25-27-29-31-33-42(53)61-36-39(64-43(54)34-32-30-28-26-24-22-20-18-16-14-12-10-8-6-4-2)37-62-50-49(60)47(58)45(56)41(66-50)38-63-51-48(59)46(57)44(55)40(35-52)65-51/h11-14,17-20,39-41,44-52,55-60H,3-10,15-16,21-38H2,1-2H3/b13-11-,14-12-,19-17-,20-18-/t39?,40-,41-,44-,45-,46-,47+,48-,49-,50+,51-/m1/s1. The molecule has 0 aromatic heterocycles. The Bertz CT molecular complexity index is 1340. The van der Waals surface area contributed by atoms with Gasteiger partial charge in [-0.3, -0.25) is 9.59 Å². The van der Waals surface area contributed by atoms with E-state index in [0.29, 0.717) is 12.8 Å². The van der Waals surface area contributed by atoms with Crippen molar-refractivity contribution in [3.8, 4) is 0 Å². The molecular formula is C51H88O15. The molecule has 2 heterocycles. The minimum atomic E-state index is -1.77. The first-order valence-corrected chi connectivity index (χ1v) is 25.2. The summed E-state index contributed by atoms with van der Waals surface area (Å²) in [6.07, 6.45) is 24.2. The maximum Gasteiger partial charge on any atom is 0.306 e. The number of unbranched alkanes of at least 4 members (excludes halogenated alkanes) is 16. The summed E-state index contributed by atoms with van der Waals surface area (Å²) in [7, 11) is 0. The fourth-order valence-electron chi connectivity index (χ4n) is 7.57. The molecule has 15 heteroatoms. The largest absolute Gasteiger partial charge is 0.462 e. The zero-order chi connectivity index (χ0) is 48.2. The molecule has 1 unspecified atom stereocenters. The summed E-state index contributed by atoms with van der Waals surface area (Å²) in [5, 5.41) is 72.0. The van der Waals surface area contributed by atoms with Crippen molar-refractivity contribution in [3.05, 3.63) is 48.6 Å². The molecule has 382 valence electrons. The first-order valence-electron chi connectivity index (χ1n) is 25.2. The quantitative estimate of drug-likeness (QED) is 0.0194. The monoisotopic (exact) mass is 941 g/mol. The molecule has 7 N–H and O–H groups in total. The normalized spacial score (nSPS) is 26.6. The van der Waals surface area contributed by atoms with Gasteiger partial charge in [0.25, 0.3) is 0 Å². The molecule has 2 aliphatic heterocycles. The predicted molar refractivity (Wildman–Crippen MR) is 252 cm³/mol. The molecule has 2 aliphatic rings. The van der Waals surface area contributed by atoms with Crippen LogP contribution in [-0.2, 0) is 38.0 Å². The van der Waals surface area contributed by atoms with Crippen LogP contribution in [0.15, 0.2) is 48.6 Å². The van der Waals surface area contributed by atoms with Gasteiger partial charge in [-0.05, 0) is 77.0 Å². The molecule has 15 nitrogen and oxygen atoms in total. The van der Waals surface area contributed by atoms with Gasteiger partial charge in [-0.15, -0.1) is 0 Å². The molecule has 0 amide bonds.